The molecule has 2 aliphatic heterocycles. The van der Waals surface area contributed by atoms with E-state index < -0.39 is 17.0 Å². The average Bonchev–Trinajstić information content (AvgIpc) is 3.23. The highest BCUT2D eigenvalue weighted by atomic mass is 16.4. The maximum absolute atomic E-state index is 12.3. The molecule has 21 heavy (non-hydrogen) atoms. The fraction of sp³-hybridized carbons (Fsp3) is 0.733. The number of hydrogen-bond donors (Lipinski definition) is 1. The van der Waals surface area contributed by atoms with E-state index in [1.165, 1.54) is 0 Å². The molecule has 1 atom stereocenters. The normalized spacial score (nSPS) is 26.2. The van der Waals surface area contributed by atoms with Gasteiger partial charge in [0.25, 0.3) is 0 Å². The van der Waals surface area contributed by atoms with Gasteiger partial charge in [-0.2, -0.15) is 10.2 Å². The Balaban J connectivity index is 1.84. The van der Waals surface area contributed by atoms with E-state index in [-0.39, 0.29) is 12.5 Å². The summed E-state index contributed by atoms with van der Waals surface area (Å²) < 4.78 is 0. The van der Waals surface area contributed by atoms with Crippen molar-refractivity contribution in [1.29, 1.82) is 0 Å². The number of piperidine rings is 1. The SMILES string of the molecule is C#CCCC1(CCC(=O)N2CCCC(C)(C(=O)O)C2)N=N1. The van der Waals surface area contributed by atoms with Crippen molar-refractivity contribution in [1.82, 2.24) is 4.90 Å². The van der Waals surface area contributed by atoms with Gasteiger partial charge in [0.1, 0.15) is 0 Å². The molecule has 2 aliphatic rings. The lowest BCUT2D eigenvalue weighted by Gasteiger charge is -2.37. The first kappa shape index (κ1) is 15.5. The second-order valence-electron chi connectivity index (χ2n) is 6.17. The van der Waals surface area contributed by atoms with Crippen LogP contribution in [0.25, 0.3) is 0 Å². The van der Waals surface area contributed by atoms with Crippen LogP contribution in [0.3, 0.4) is 0 Å². The summed E-state index contributed by atoms with van der Waals surface area (Å²) in [7, 11) is 0. The van der Waals surface area contributed by atoms with Crippen LogP contribution in [-0.2, 0) is 9.59 Å². The fourth-order valence-corrected chi connectivity index (χ4v) is 2.76. The van der Waals surface area contributed by atoms with Crippen molar-refractivity contribution < 1.29 is 14.7 Å². The van der Waals surface area contributed by atoms with E-state index in [9.17, 15) is 14.7 Å². The summed E-state index contributed by atoms with van der Waals surface area (Å²) in [6.45, 7) is 2.62. The van der Waals surface area contributed by atoms with Gasteiger partial charge >= 0.3 is 5.97 Å². The Kier molecular flexibility index (Phi) is 4.31. The van der Waals surface area contributed by atoms with Crippen molar-refractivity contribution >= 4 is 11.9 Å². The van der Waals surface area contributed by atoms with E-state index >= 15 is 0 Å². The van der Waals surface area contributed by atoms with Crippen molar-refractivity contribution in [2.24, 2.45) is 15.6 Å². The van der Waals surface area contributed by atoms with Crippen molar-refractivity contribution in [2.75, 3.05) is 13.1 Å². The second-order valence-corrected chi connectivity index (χ2v) is 6.17. The monoisotopic (exact) mass is 291 g/mol. The summed E-state index contributed by atoms with van der Waals surface area (Å²) in [5, 5.41) is 17.3. The quantitative estimate of drug-likeness (QED) is 0.760. The van der Waals surface area contributed by atoms with Crippen LogP contribution in [0.4, 0.5) is 0 Å². The highest BCUT2D eigenvalue weighted by molar-refractivity contribution is 5.79. The van der Waals surface area contributed by atoms with Crippen LogP contribution in [0, 0.1) is 17.8 Å². The summed E-state index contributed by atoms with van der Waals surface area (Å²) >= 11 is 0. The predicted molar refractivity (Wildman–Crippen MR) is 76.4 cm³/mol. The Morgan fingerprint density at radius 2 is 2.10 bits per heavy atom. The van der Waals surface area contributed by atoms with Crippen LogP contribution in [-0.4, -0.2) is 40.6 Å². The van der Waals surface area contributed by atoms with Crippen LogP contribution in [0.15, 0.2) is 10.2 Å². The molecule has 1 saturated heterocycles. The zero-order chi connectivity index (χ0) is 15.5. The minimum atomic E-state index is -0.835. The van der Waals surface area contributed by atoms with Crippen LogP contribution in [0.1, 0.15) is 45.4 Å². The number of amides is 1. The van der Waals surface area contributed by atoms with Gasteiger partial charge in [-0.1, -0.05) is 0 Å². The van der Waals surface area contributed by atoms with E-state index in [1.807, 2.05) is 0 Å². The van der Waals surface area contributed by atoms with Gasteiger partial charge in [0, 0.05) is 38.8 Å². The third kappa shape index (κ3) is 3.60. The molecule has 2 rings (SSSR count). The van der Waals surface area contributed by atoms with Crippen molar-refractivity contribution in [3.63, 3.8) is 0 Å². The fourth-order valence-electron chi connectivity index (χ4n) is 2.76. The molecule has 0 aliphatic carbocycles. The maximum atomic E-state index is 12.3. The lowest BCUT2D eigenvalue weighted by molar-refractivity contribution is -0.153. The Morgan fingerprint density at radius 3 is 2.67 bits per heavy atom. The van der Waals surface area contributed by atoms with Gasteiger partial charge in [0.2, 0.25) is 5.91 Å². The summed E-state index contributed by atoms with van der Waals surface area (Å²) in [4.78, 5) is 25.2. The molecule has 2 heterocycles. The number of carbonyl (C=O) groups is 2. The molecule has 1 N–H and O–H groups in total. The second kappa shape index (κ2) is 5.84. The third-order valence-electron chi connectivity index (χ3n) is 4.36. The van der Waals surface area contributed by atoms with E-state index in [0.29, 0.717) is 38.6 Å². The van der Waals surface area contributed by atoms with Gasteiger partial charge < -0.3 is 10.0 Å². The van der Waals surface area contributed by atoms with Crippen LogP contribution in [0.5, 0.6) is 0 Å². The molecule has 0 saturated carbocycles. The number of hydrogen-bond acceptors (Lipinski definition) is 4. The summed E-state index contributed by atoms with van der Waals surface area (Å²) in [6, 6.07) is 0. The Morgan fingerprint density at radius 1 is 1.38 bits per heavy atom. The first-order chi connectivity index (χ1) is 9.91. The Bertz CT molecular complexity index is 503. The highest BCUT2D eigenvalue weighted by Crippen LogP contribution is 2.38. The van der Waals surface area contributed by atoms with E-state index in [0.717, 1.165) is 6.42 Å². The number of rotatable bonds is 6. The van der Waals surface area contributed by atoms with Crippen LogP contribution >= 0.6 is 0 Å². The molecule has 1 amide bonds. The largest absolute Gasteiger partial charge is 0.481 e. The molecule has 0 bridgehead atoms. The highest BCUT2D eigenvalue weighted by Gasteiger charge is 2.42. The molecule has 0 radical (unpaired) electrons. The van der Waals surface area contributed by atoms with Crippen molar-refractivity contribution in [2.45, 2.75) is 51.1 Å². The molecule has 0 aromatic heterocycles. The molecule has 0 aromatic rings. The number of carboxylic acids is 1. The first-order valence-corrected chi connectivity index (χ1v) is 7.30. The molecular formula is C15H21N3O3. The molecule has 1 unspecified atom stereocenters. The maximum Gasteiger partial charge on any atom is 0.311 e. The molecule has 6 nitrogen and oxygen atoms in total. The number of carboxylic acid groups (broad SMARTS) is 1. The Hall–Kier alpha value is -1.90. The first-order valence-electron chi connectivity index (χ1n) is 7.30. The van der Waals surface area contributed by atoms with Crippen molar-refractivity contribution in [3.8, 4) is 12.3 Å². The number of carbonyl (C=O) groups excluding carboxylic acids is 1. The van der Waals surface area contributed by atoms with Crippen molar-refractivity contribution in [3.05, 3.63) is 0 Å². The van der Waals surface area contributed by atoms with Gasteiger partial charge in [-0.25, -0.2) is 0 Å². The topological polar surface area (TPSA) is 82.3 Å². The minimum absolute atomic E-state index is 0.0143. The van der Waals surface area contributed by atoms with Crippen LogP contribution < -0.4 is 0 Å². The predicted octanol–water partition coefficient (Wildman–Crippen LogP) is 2.06. The van der Waals surface area contributed by atoms with E-state index in [4.69, 9.17) is 6.42 Å². The molecule has 114 valence electrons. The minimum Gasteiger partial charge on any atom is -0.481 e. The molecule has 0 spiro atoms. The average molecular weight is 291 g/mol. The summed E-state index contributed by atoms with van der Waals surface area (Å²) in [5.74, 6) is 1.71. The van der Waals surface area contributed by atoms with E-state index in [2.05, 4.69) is 16.1 Å². The number of terminal acetylenes is 1. The zero-order valence-corrected chi connectivity index (χ0v) is 12.3. The molecule has 0 aromatic carbocycles. The van der Waals surface area contributed by atoms with Gasteiger partial charge in [0.05, 0.1) is 5.41 Å². The van der Waals surface area contributed by atoms with Gasteiger partial charge in [-0.3, -0.25) is 9.59 Å². The lowest BCUT2D eigenvalue weighted by atomic mass is 9.82. The standard InChI is InChI=1S/C15H21N3O3/c1-3-4-8-15(16-17-15)9-6-12(19)18-10-5-7-14(2,11-18)13(20)21/h1H,4-11H2,2H3,(H,20,21). The summed E-state index contributed by atoms with van der Waals surface area (Å²) in [6.07, 6.45) is 8.76. The Labute approximate surface area is 124 Å². The van der Waals surface area contributed by atoms with Crippen LogP contribution in [0.2, 0.25) is 0 Å². The molecular weight excluding hydrogens is 270 g/mol. The third-order valence-corrected chi connectivity index (χ3v) is 4.36. The number of likely N-dealkylation sites (tertiary alicyclic amines) is 1. The number of nitrogens with zero attached hydrogens (tertiary/aromatic N) is 3. The molecule has 6 heteroatoms. The van der Waals surface area contributed by atoms with Gasteiger partial charge in [-0.15, -0.1) is 12.3 Å². The van der Waals surface area contributed by atoms with E-state index in [1.54, 1.807) is 11.8 Å². The van der Waals surface area contributed by atoms with Gasteiger partial charge in [0.15, 0.2) is 5.66 Å². The smallest absolute Gasteiger partial charge is 0.311 e. The zero-order valence-electron chi connectivity index (χ0n) is 12.3. The summed E-state index contributed by atoms with van der Waals surface area (Å²) in [5.41, 5.74) is -1.28. The number of aliphatic carboxylic acids is 1. The van der Waals surface area contributed by atoms with Gasteiger partial charge in [-0.05, 0) is 19.8 Å². The lowest BCUT2D eigenvalue weighted by Crippen LogP contribution is -2.48. The molecule has 1 fully saturated rings.